The van der Waals surface area contributed by atoms with Crippen molar-refractivity contribution < 1.29 is 9.53 Å². The second-order valence-electron chi connectivity index (χ2n) is 5.38. The van der Waals surface area contributed by atoms with E-state index in [2.05, 4.69) is 17.6 Å². The number of rotatable bonds is 4. The Balaban J connectivity index is 2.09. The first kappa shape index (κ1) is 13.9. The Labute approximate surface area is 114 Å². The van der Waals surface area contributed by atoms with Gasteiger partial charge in [-0.1, -0.05) is 0 Å². The highest BCUT2D eigenvalue weighted by atomic mass is 16.5. The van der Waals surface area contributed by atoms with E-state index < -0.39 is 0 Å². The van der Waals surface area contributed by atoms with Crippen LogP contribution < -0.4 is 10.6 Å². The van der Waals surface area contributed by atoms with Crippen LogP contribution in [-0.4, -0.2) is 31.2 Å². The van der Waals surface area contributed by atoms with Crippen molar-refractivity contribution in [1.29, 1.82) is 0 Å². The van der Waals surface area contributed by atoms with Gasteiger partial charge in [-0.25, -0.2) is 0 Å². The molecular weight excluding hydrogens is 240 g/mol. The van der Waals surface area contributed by atoms with Gasteiger partial charge in [0.2, 0.25) is 0 Å². The van der Waals surface area contributed by atoms with Gasteiger partial charge in [-0.05, 0) is 51.0 Å². The SMILES string of the molecule is CCNc1ccc(C(=O)NC2(C)CCOC2)cc1C. The minimum Gasteiger partial charge on any atom is -0.385 e. The number of aryl methyl sites for hydroxylation is 1. The summed E-state index contributed by atoms with van der Waals surface area (Å²) in [6.07, 6.45) is 0.868. The van der Waals surface area contributed by atoms with Gasteiger partial charge in [-0.2, -0.15) is 0 Å². The van der Waals surface area contributed by atoms with Crippen LogP contribution in [0.15, 0.2) is 18.2 Å². The van der Waals surface area contributed by atoms with Gasteiger partial charge in [0.1, 0.15) is 0 Å². The number of nitrogens with one attached hydrogen (secondary N) is 2. The van der Waals surface area contributed by atoms with Gasteiger partial charge >= 0.3 is 0 Å². The quantitative estimate of drug-likeness (QED) is 0.875. The molecule has 1 heterocycles. The monoisotopic (exact) mass is 262 g/mol. The van der Waals surface area contributed by atoms with Crippen LogP contribution in [0.4, 0.5) is 5.69 Å². The van der Waals surface area contributed by atoms with E-state index >= 15 is 0 Å². The maximum atomic E-state index is 12.2. The Hall–Kier alpha value is -1.55. The normalized spacial score (nSPS) is 22.3. The van der Waals surface area contributed by atoms with Crippen LogP contribution in [0.2, 0.25) is 0 Å². The first-order chi connectivity index (χ1) is 9.04. The molecule has 0 spiro atoms. The van der Waals surface area contributed by atoms with Crippen molar-refractivity contribution in [3.8, 4) is 0 Å². The summed E-state index contributed by atoms with van der Waals surface area (Å²) >= 11 is 0. The largest absolute Gasteiger partial charge is 0.385 e. The zero-order valence-electron chi connectivity index (χ0n) is 11.9. The Morgan fingerprint density at radius 3 is 2.84 bits per heavy atom. The van der Waals surface area contributed by atoms with E-state index in [1.54, 1.807) is 0 Å². The average molecular weight is 262 g/mol. The zero-order valence-corrected chi connectivity index (χ0v) is 11.9. The molecule has 1 aliphatic heterocycles. The molecule has 0 saturated carbocycles. The summed E-state index contributed by atoms with van der Waals surface area (Å²) in [5.41, 5.74) is 2.63. The van der Waals surface area contributed by atoms with Gasteiger partial charge in [0.25, 0.3) is 5.91 Å². The molecule has 104 valence electrons. The molecule has 1 aliphatic rings. The summed E-state index contributed by atoms with van der Waals surface area (Å²) in [4.78, 5) is 12.2. The number of carbonyl (C=O) groups excluding carboxylic acids is 1. The number of hydrogen-bond donors (Lipinski definition) is 2. The van der Waals surface area contributed by atoms with Crippen molar-refractivity contribution >= 4 is 11.6 Å². The fourth-order valence-corrected chi connectivity index (χ4v) is 2.31. The lowest BCUT2D eigenvalue weighted by Crippen LogP contribution is -2.46. The third-order valence-electron chi connectivity index (χ3n) is 3.49. The van der Waals surface area contributed by atoms with E-state index in [1.807, 2.05) is 32.0 Å². The van der Waals surface area contributed by atoms with Crippen LogP contribution in [0.5, 0.6) is 0 Å². The van der Waals surface area contributed by atoms with E-state index in [1.165, 1.54) is 0 Å². The molecule has 1 saturated heterocycles. The second-order valence-corrected chi connectivity index (χ2v) is 5.38. The Kier molecular flexibility index (Phi) is 4.10. The molecule has 1 aromatic carbocycles. The maximum Gasteiger partial charge on any atom is 0.251 e. The van der Waals surface area contributed by atoms with Gasteiger partial charge in [0, 0.05) is 24.4 Å². The summed E-state index contributed by atoms with van der Waals surface area (Å²) in [5, 5.41) is 6.34. The lowest BCUT2D eigenvalue weighted by molar-refractivity contribution is 0.0890. The molecule has 4 nitrogen and oxygen atoms in total. The minimum absolute atomic E-state index is 0.0286. The topological polar surface area (TPSA) is 50.4 Å². The van der Waals surface area contributed by atoms with Crippen LogP contribution in [-0.2, 0) is 4.74 Å². The number of anilines is 1. The highest BCUT2D eigenvalue weighted by Gasteiger charge is 2.31. The fourth-order valence-electron chi connectivity index (χ4n) is 2.31. The molecule has 1 amide bonds. The summed E-state index contributed by atoms with van der Waals surface area (Å²) < 4.78 is 5.35. The minimum atomic E-state index is -0.231. The summed E-state index contributed by atoms with van der Waals surface area (Å²) in [7, 11) is 0. The second kappa shape index (κ2) is 5.61. The van der Waals surface area contributed by atoms with Crippen molar-refractivity contribution in [3.05, 3.63) is 29.3 Å². The highest BCUT2D eigenvalue weighted by molar-refractivity contribution is 5.95. The predicted molar refractivity (Wildman–Crippen MR) is 76.6 cm³/mol. The van der Waals surface area contributed by atoms with Crippen LogP contribution >= 0.6 is 0 Å². The van der Waals surface area contributed by atoms with Gasteiger partial charge < -0.3 is 15.4 Å². The first-order valence-electron chi connectivity index (χ1n) is 6.79. The first-order valence-corrected chi connectivity index (χ1v) is 6.79. The van der Waals surface area contributed by atoms with Crippen LogP contribution in [0.1, 0.15) is 36.2 Å². The van der Waals surface area contributed by atoms with E-state index in [4.69, 9.17) is 4.74 Å². The molecule has 1 atom stereocenters. The van der Waals surface area contributed by atoms with E-state index in [9.17, 15) is 4.79 Å². The van der Waals surface area contributed by atoms with Gasteiger partial charge in [-0.15, -0.1) is 0 Å². The molecule has 0 aliphatic carbocycles. The number of hydrogen-bond acceptors (Lipinski definition) is 3. The molecule has 4 heteroatoms. The molecule has 0 radical (unpaired) electrons. The van der Waals surface area contributed by atoms with Crippen LogP contribution in [0.3, 0.4) is 0 Å². The number of amides is 1. The van der Waals surface area contributed by atoms with E-state index in [0.717, 1.165) is 30.8 Å². The summed E-state index contributed by atoms with van der Waals surface area (Å²) in [6, 6.07) is 5.74. The third kappa shape index (κ3) is 3.26. The summed E-state index contributed by atoms with van der Waals surface area (Å²) in [6.45, 7) is 8.28. The van der Waals surface area contributed by atoms with E-state index in [0.29, 0.717) is 12.2 Å². The van der Waals surface area contributed by atoms with E-state index in [-0.39, 0.29) is 11.4 Å². The molecule has 2 rings (SSSR count). The molecule has 0 bridgehead atoms. The third-order valence-corrected chi connectivity index (χ3v) is 3.49. The molecule has 2 N–H and O–H groups in total. The molecule has 1 unspecified atom stereocenters. The number of benzene rings is 1. The molecule has 19 heavy (non-hydrogen) atoms. The van der Waals surface area contributed by atoms with Gasteiger partial charge in [0.15, 0.2) is 0 Å². The standard InChI is InChI=1S/C15H22N2O2/c1-4-16-13-6-5-12(9-11(13)2)14(18)17-15(3)7-8-19-10-15/h5-6,9,16H,4,7-8,10H2,1-3H3,(H,17,18). The maximum absolute atomic E-state index is 12.2. The lowest BCUT2D eigenvalue weighted by atomic mass is 10.0. The fraction of sp³-hybridized carbons (Fsp3) is 0.533. The highest BCUT2D eigenvalue weighted by Crippen LogP contribution is 2.20. The van der Waals surface area contributed by atoms with Crippen molar-refractivity contribution in [1.82, 2.24) is 5.32 Å². The van der Waals surface area contributed by atoms with Gasteiger partial charge in [0.05, 0.1) is 12.1 Å². The molecule has 1 aromatic rings. The molecule has 1 fully saturated rings. The van der Waals surface area contributed by atoms with Crippen molar-refractivity contribution in [2.75, 3.05) is 25.1 Å². The average Bonchev–Trinajstić information content (AvgIpc) is 2.78. The zero-order chi connectivity index (χ0) is 13.9. The number of carbonyl (C=O) groups is 1. The lowest BCUT2D eigenvalue weighted by Gasteiger charge is -2.23. The summed E-state index contributed by atoms with van der Waals surface area (Å²) in [5.74, 6) is -0.0286. The Morgan fingerprint density at radius 1 is 1.47 bits per heavy atom. The Morgan fingerprint density at radius 2 is 2.26 bits per heavy atom. The Bertz CT molecular complexity index is 465. The van der Waals surface area contributed by atoms with Crippen molar-refractivity contribution in [2.24, 2.45) is 0 Å². The van der Waals surface area contributed by atoms with Crippen molar-refractivity contribution in [3.63, 3.8) is 0 Å². The van der Waals surface area contributed by atoms with Crippen molar-refractivity contribution in [2.45, 2.75) is 32.7 Å². The molecular formula is C15H22N2O2. The predicted octanol–water partition coefficient (Wildman–Crippen LogP) is 2.34. The molecule has 0 aromatic heterocycles. The van der Waals surface area contributed by atoms with Crippen LogP contribution in [0, 0.1) is 6.92 Å². The van der Waals surface area contributed by atoms with Gasteiger partial charge in [-0.3, -0.25) is 4.79 Å². The van der Waals surface area contributed by atoms with Crippen LogP contribution in [0.25, 0.3) is 0 Å². The smallest absolute Gasteiger partial charge is 0.251 e. The number of ether oxygens (including phenoxy) is 1.